The summed E-state index contributed by atoms with van der Waals surface area (Å²) in [4.78, 5) is 3.16. The second-order valence-electron chi connectivity index (χ2n) is 3.96. The number of hydrogen-bond donors (Lipinski definition) is 2. The number of hydrogen-bond acceptors (Lipinski definition) is 3. The van der Waals surface area contributed by atoms with Gasteiger partial charge in [-0.05, 0) is 30.3 Å². The molecular formula is C13H11N3O. The van der Waals surface area contributed by atoms with Gasteiger partial charge < -0.3 is 15.0 Å². The van der Waals surface area contributed by atoms with Crippen LogP contribution >= 0.6 is 0 Å². The first-order valence-corrected chi connectivity index (χ1v) is 5.43. The van der Waals surface area contributed by atoms with Crippen molar-refractivity contribution in [2.24, 2.45) is 0 Å². The maximum atomic E-state index is 8.86. The van der Waals surface area contributed by atoms with Crippen LogP contribution in [0.2, 0.25) is 0 Å². The van der Waals surface area contributed by atoms with Gasteiger partial charge in [-0.15, -0.1) is 0 Å². The first-order valence-electron chi connectivity index (χ1n) is 5.43. The van der Waals surface area contributed by atoms with Crippen LogP contribution in [0.5, 0.6) is 5.75 Å². The lowest BCUT2D eigenvalue weighted by atomic mass is 10.1. The van der Waals surface area contributed by atoms with Crippen LogP contribution in [0, 0.1) is 11.3 Å². The van der Waals surface area contributed by atoms with Gasteiger partial charge in [0.2, 0.25) is 0 Å². The Morgan fingerprint density at radius 3 is 3.06 bits per heavy atom. The summed E-state index contributed by atoms with van der Waals surface area (Å²) >= 11 is 0. The van der Waals surface area contributed by atoms with Crippen molar-refractivity contribution < 1.29 is 4.74 Å². The molecular weight excluding hydrogens is 214 g/mol. The Hall–Kier alpha value is -2.41. The van der Waals surface area contributed by atoms with Crippen LogP contribution in [-0.2, 0) is 0 Å². The fourth-order valence-corrected chi connectivity index (χ4v) is 1.97. The molecule has 0 aliphatic carbocycles. The third-order valence-corrected chi connectivity index (χ3v) is 2.84. The van der Waals surface area contributed by atoms with Gasteiger partial charge in [-0.2, -0.15) is 5.26 Å². The molecule has 0 amide bonds. The van der Waals surface area contributed by atoms with E-state index in [1.54, 1.807) is 6.07 Å². The number of anilines is 1. The number of aromatic amines is 1. The molecule has 3 rings (SSSR count). The summed E-state index contributed by atoms with van der Waals surface area (Å²) in [7, 11) is 0. The smallest absolute Gasteiger partial charge is 0.142 e. The maximum Gasteiger partial charge on any atom is 0.142 e. The fourth-order valence-electron chi connectivity index (χ4n) is 1.97. The third-order valence-electron chi connectivity index (χ3n) is 2.84. The second-order valence-corrected chi connectivity index (χ2v) is 3.96. The Bertz CT molecular complexity index is 569. The van der Waals surface area contributed by atoms with E-state index in [0.717, 1.165) is 17.1 Å². The van der Waals surface area contributed by atoms with E-state index in [9.17, 15) is 0 Å². The normalized spacial score (nSPS) is 17.5. The van der Waals surface area contributed by atoms with E-state index in [-0.39, 0.29) is 6.04 Å². The zero-order valence-electron chi connectivity index (χ0n) is 9.10. The highest BCUT2D eigenvalue weighted by Crippen LogP contribution is 2.33. The van der Waals surface area contributed by atoms with Crippen molar-refractivity contribution in [1.82, 2.24) is 4.98 Å². The molecule has 4 nitrogen and oxygen atoms in total. The lowest BCUT2D eigenvalue weighted by Crippen LogP contribution is -2.24. The number of nitriles is 1. The van der Waals surface area contributed by atoms with E-state index >= 15 is 0 Å². The first kappa shape index (κ1) is 9.79. The maximum absolute atomic E-state index is 8.86. The molecule has 2 N–H and O–H groups in total. The predicted octanol–water partition coefficient (Wildman–Crippen LogP) is 2.43. The van der Waals surface area contributed by atoms with Crippen molar-refractivity contribution in [3.05, 3.63) is 47.8 Å². The van der Waals surface area contributed by atoms with Gasteiger partial charge in [-0.25, -0.2) is 0 Å². The molecule has 0 bridgehead atoms. The van der Waals surface area contributed by atoms with E-state index in [1.165, 1.54) is 0 Å². The number of nitrogens with one attached hydrogen (secondary N) is 2. The summed E-state index contributed by atoms with van der Waals surface area (Å²) in [6, 6.07) is 11.6. The Labute approximate surface area is 98.8 Å². The van der Waals surface area contributed by atoms with Crippen molar-refractivity contribution in [3.63, 3.8) is 0 Å². The molecule has 2 heterocycles. The van der Waals surface area contributed by atoms with Crippen LogP contribution in [0.25, 0.3) is 0 Å². The highest BCUT2D eigenvalue weighted by Gasteiger charge is 2.20. The largest absolute Gasteiger partial charge is 0.489 e. The van der Waals surface area contributed by atoms with Gasteiger partial charge in [-0.3, -0.25) is 0 Å². The standard InChI is InChI=1S/C13H11N3O/c14-7-9-3-4-13-11(6-9)16-12(8-17-13)10-2-1-5-15-10/h1-6,12,15-16H,8H2. The van der Waals surface area contributed by atoms with Crippen molar-refractivity contribution in [3.8, 4) is 11.8 Å². The second kappa shape index (κ2) is 3.87. The van der Waals surface area contributed by atoms with E-state index in [4.69, 9.17) is 10.00 Å². The number of aromatic nitrogens is 1. The zero-order valence-corrected chi connectivity index (χ0v) is 9.10. The molecule has 0 spiro atoms. The average Bonchev–Trinajstić information content (AvgIpc) is 2.91. The summed E-state index contributed by atoms with van der Waals surface area (Å²) in [6.45, 7) is 0.583. The molecule has 0 saturated carbocycles. The minimum absolute atomic E-state index is 0.103. The summed E-state index contributed by atoms with van der Waals surface area (Å²) in [5.41, 5.74) is 2.58. The van der Waals surface area contributed by atoms with E-state index < -0.39 is 0 Å². The van der Waals surface area contributed by atoms with E-state index in [2.05, 4.69) is 16.4 Å². The summed E-state index contributed by atoms with van der Waals surface area (Å²) in [6.07, 6.45) is 1.89. The number of benzene rings is 1. The summed E-state index contributed by atoms with van der Waals surface area (Å²) < 4.78 is 5.67. The van der Waals surface area contributed by atoms with Gasteiger partial charge in [0.05, 0.1) is 17.3 Å². The molecule has 1 aromatic heterocycles. The van der Waals surface area contributed by atoms with Crippen molar-refractivity contribution in [2.75, 3.05) is 11.9 Å². The molecule has 1 aromatic carbocycles. The molecule has 0 radical (unpaired) electrons. The topological polar surface area (TPSA) is 60.8 Å². The van der Waals surface area contributed by atoms with Crippen molar-refractivity contribution in [2.45, 2.75) is 6.04 Å². The monoisotopic (exact) mass is 225 g/mol. The molecule has 0 saturated heterocycles. The van der Waals surface area contributed by atoms with Gasteiger partial charge in [0.15, 0.2) is 0 Å². The highest BCUT2D eigenvalue weighted by atomic mass is 16.5. The van der Waals surface area contributed by atoms with Crippen LogP contribution in [0.3, 0.4) is 0 Å². The van der Waals surface area contributed by atoms with Gasteiger partial charge in [0.1, 0.15) is 18.4 Å². The SMILES string of the molecule is N#Cc1ccc2c(c1)NC(c1ccc[nH]1)CO2. The first-order chi connectivity index (χ1) is 8.36. The summed E-state index contributed by atoms with van der Waals surface area (Å²) in [5, 5.41) is 12.2. The van der Waals surface area contributed by atoms with Gasteiger partial charge >= 0.3 is 0 Å². The number of ether oxygens (including phenoxy) is 1. The van der Waals surface area contributed by atoms with Gasteiger partial charge in [-0.1, -0.05) is 0 Å². The zero-order chi connectivity index (χ0) is 11.7. The van der Waals surface area contributed by atoms with Crippen LogP contribution in [-0.4, -0.2) is 11.6 Å². The Balaban J connectivity index is 1.92. The minimum atomic E-state index is 0.103. The van der Waals surface area contributed by atoms with E-state index in [1.807, 2.05) is 30.5 Å². The predicted molar refractivity (Wildman–Crippen MR) is 63.8 cm³/mol. The lowest BCUT2D eigenvalue weighted by Gasteiger charge is -2.26. The molecule has 17 heavy (non-hydrogen) atoms. The van der Waals surface area contributed by atoms with Crippen molar-refractivity contribution in [1.29, 1.82) is 5.26 Å². The van der Waals surface area contributed by atoms with Crippen LogP contribution in [0.1, 0.15) is 17.3 Å². The van der Waals surface area contributed by atoms with Crippen LogP contribution in [0.15, 0.2) is 36.5 Å². The highest BCUT2D eigenvalue weighted by molar-refractivity contribution is 5.62. The van der Waals surface area contributed by atoms with Crippen LogP contribution in [0.4, 0.5) is 5.69 Å². The average molecular weight is 225 g/mol. The molecule has 1 unspecified atom stereocenters. The molecule has 1 aliphatic heterocycles. The third kappa shape index (κ3) is 1.72. The Morgan fingerprint density at radius 1 is 1.35 bits per heavy atom. The molecule has 4 heteroatoms. The molecule has 1 atom stereocenters. The van der Waals surface area contributed by atoms with Crippen molar-refractivity contribution >= 4 is 5.69 Å². The van der Waals surface area contributed by atoms with Gasteiger partial charge in [0, 0.05) is 11.9 Å². The quantitative estimate of drug-likeness (QED) is 0.783. The Kier molecular flexibility index (Phi) is 2.23. The number of rotatable bonds is 1. The minimum Gasteiger partial charge on any atom is -0.489 e. The van der Waals surface area contributed by atoms with Crippen LogP contribution < -0.4 is 10.1 Å². The van der Waals surface area contributed by atoms with E-state index in [0.29, 0.717) is 12.2 Å². The number of fused-ring (bicyclic) bond motifs is 1. The number of H-pyrrole nitrogens is 1. The molecule has 84 valence electrons. The lowest BCUT2D eigenvalue weighted by molar-refractivity contribution is 0.284. The fraction of sp³-hybridized carbons (Fsp3) is 0.154. The molecule has 2 aromatic rings. The number of nitrogens with zero attached hydrogens (tertiary/aromatic N) is 1. The Morgan fingerprint density at radius 2 is 2.29 bits per heavy atom. The van der Waals surface area contributed by atoms with Gasteiger partial charge in [0.25, 0.3) is 0 Å². The molecule has 0 fully saturated rings. The summed E-state index contributed by atoms with van der Waals surface area (Å²) in [5.74, 6) is 0.798. The molecule has 1 aliphatic rings.